The van der Waals surface area contributed by atoms with Crippen LogP contribution in [-0.2, 0) is 4.79 Å². The van der Waals surface area contributed by atoms with Gasteiger partial charge in [-0.25, -0.2) is 0 Å². The lowest BCUT2D eigenvalue weighted by Gasteiger charge is -2.18. The molecule has 0 aromatic heterocycles. The van der Waals surface area contributed by atoms with Gasteiger partial charge in [0.1, 0.15) is 0 Å². The summed E-state index contributed by atoms with van der Waals surface area (Å²) in [5.74, 6) is 0.142. The van der Waals surface area contributed by atoms with Gasteiger partial charge < -0.3 is 10.6 Å². The smallest absolute Gasteiger partial charge is 0.226 e. The van der Waals surface area contributed by atoms with E-state index in [0.717, 1.165) is 23.9 Å². The molecular formula is C16H20N2O. The molecule has 0 heterocycles. The molecule has 0 bridgehead atoms. The normalized spacial score (nSPS) is 10.6. The molecule has 2 N–H and O–H groups in total. The van der Waals surface area contributed by atoms with Gasteiger partial charge in [0.2, 0.25) is 5.91 Å². The number of rotatable bonds is 5. The maximum atomic E-state index is 12.0. The number of benzene rings is 2. The Balaban J connectivity index is 2.12. The van der Waals surface area contributed by atoms with Crippen LogP contribution in [0.1, 0.15) is 19.3 Å². The van der Waals surface area contributed by atoms with Crippen molar-refractivity contribution in [1.29, 1.82) is 0 Å². The van der Waals surface area contributed by atoms with Crippen molar-refractivity contribution in [2.24, 2.45) is 5.73 Å². The SMILES string of the molecule is CN(C(=O)CCCCN)c1ccc2ccccc2c1. The summed E-state index contributed by atoms with van der Waals surface area (Å²) < 4.78 is 0. The molecule has 1 amide bonds. The number of carbonyl (C=O) groups excluding carboxylic acids is 1. The molecule has 3 heteroatoms. The van der Waals surface area contributed by atoms with Gasteiger partial charge in [-0.3, -0.25) is 4.79 Å². The van der Waals surface area contributed by atoms with Crippen LogP contribution in [0, 0.1) is 0 Å². The number of hydrogen-bond acceptors (Lipinski definition) is 2. The Morgan fingerprint density at radius 1 is 1.11 bits per heavy atom. The van der Waals surface area contributed by atoms with Crippen molar-refractivity contribution in [2.75, 3.05) is 18.5 Å². The fourth-order valence-corrected chi connectivity index (χ4v) is 2.12. The lowest BCUT2D eigenvalue weighted by atomic mass is 10.1. The van der Waals surface area contributed by atoms with E-state index < -0.39 is 0 Å². The highest BCUT2D eigenvalue weighted by molar-refractivity contribution is 5.95. The third-order valence-corrected chi connectivity index (χ3v) is 3.34. The Labute approximate surface area is 114 Å². The van der Waals surface area contributed by atoms with Crippen LogP contribution in [-0.4, -0.2) is 19.5 Å². The van der Waals surface area contributed by atoms with Crippen LogP contribution in [0.3, 0.4) is 0 Å². The van der Waals surface area contributed by atoms with Gasteiger partial charge in [0.25, 0.3) is 0 Å². The standard InChI is InChI=1S/C16H20N2O/c1-18(16(19)8-4-5-11-17)15-10-9-13-6-2-3-7-14(13)12-15/h2-3,6-7,9-10,12H,4-5,8,11,17H2,1H3. The zero-order chi connectivity index (χ0) is 13.7. The number of nitrogens with zero attached hydrogens (tertiary/aromatic N) is 1. The highest BCUT2D eigenvalue weighted by Gasteiger charge is 2.10. The molecule has 19 heavy (non-hydrogen) atoms. The number of amides is 1. The highest BCUT2D eigenvalue weighted by atomic mass is 16.2. The molecule has 100 valence electrons. The van der Waals surface area contributed by atoms with Gasteiger partial charge in [-0.05, 0) is 42.3 Å². The molecule has 2 aromatic rings. The monoisotopic (exact) mass is 256 g/mol. The minimum atomic E-state index is 0.142. The summed E-state index contributed by atoms with van der Waals surface area (Å²) >= 11 is 0. The molecule has 0 radical (unpaired) electrons. The van der Waals surface area contributed by atoms with Crippen LogP contribution >= 0.6 is 0 Å². The lowest BCUT2D eigenvalue weighted by Crippen LogP contribution is -2.25. The largest absolute Gasteiger partial charge is 0.330 e. The van der Waals surface area contributed by atoms with Gasteiger partial charge in [0, 0.05) is 19.2 Å². The van der Waals surface area contributed by atoms with Gasteiger partial charge in [-0.15, -0.1) is 0 Å². The zero-order valence-electron chi connectivity index (χ0n) is 11.3. The molecule has 0 saturated heterocycles. The van der Waals surface area contributed by atoms with E-state index in [1.165, 1.54) is 5.39 Å². The van der Waals surface area contributed by atoms with Gasteiger partial charge in [0.05, 0.1) is 0 Å². The maximum absolute atomic E-state index is 12.0. The second kappa shape index (κ2) is 6.34. The van der Waals surface area contributed by atoms with Crippen molar-refractivity contribution in [1.82, 2.24) is 0 Å². The van der Waals surface area contributed by atoms with Gasteiger partial charge in [-0.2, -0.15) is 0 Å². The first-order valence-electron chi connectivity index (χ1n) is 6.68. The second-order valence-corrected chi connectivity index (χ2v) is 4.73. The molecule has 0 unspecified atom stereocenters. The number of anilines is 1. The van der Waals surface area contributed by atoms with Crippen LogP contribution in [0.4, 0.5) is 5.69 Å². The number of hydrogen-bond donors (Lipinski definition) is 1. The van der Waals surface area contributed by atoms with Crippen LogP contribution in [0.5, 0.6) is 0 Å². The van der Waals surface area contributed by atoms with Crippen molar-refractivity contribution < 1.29 is 4.79 Å². The van der Waals surface area contributed by atoms with Crippen molar-refractivity contribution >= 4 is 22.4 Å². The van der Waals surface area contributed by atoms with E-state index in [1.54, 1.807) is 4.90 Å². The zero-order valence-corrected chi connectivity index (χ0v) is 11.3. The van der Waals surface area contributed by atoms with Crippen LogP contribution in [0.2, 0.25) is 0 Å². The van der Waals surface area contributed by atoms with E-state index in [4.69, 9.17) is 5.73 Å². The second-order valence-electron chi connectivity index (χ2n) is 4.73. The third kappa shape index (κ3) is 3.32. The summed E-state index contributed by atoms with van der Waals surface area (Å²) in [6.07, 6.45) is 2.31. The molecular weight excluding hydrogens is 236 g/mol. The molecule has 2 rings (SSSR count). The molecule has 0 saturated carbocycles. The minimum Gasteiger partial charge on any atom is -0.330 e. The Bertz CT molecular complexity index is 565. The van der Waals surface area contributed by atoms with Gasteiger partial charge in [-0.1, -0.05) is 30.3 Å². The summed E-state index contributed by atoms with van der Waals surface area (Å²) in [4.78, 5) is 13.8. The Hall–Kier alpha value is -1.87. The number of nitrogens with two attached hydrogens (primary N) is 1. The van der Waals surface area contributed by atoms with Gasteiger partial charge >= 0.3 is 0 Å². The average Bonchev–Trinajstić information content (AvgIpc) is 2.46. The van der Waals surface area contributed by atoms with E-state index in [2.05, 4.69) is 18.2 Å². The maximum Gasteiger partial charge on any atom is 0.226 e. The lowest BCUT2D eigenvalue weighted by molar-refractivity contribution is -0.118. The summed E-state index contributed by atoms with van der Waals surface area (Å²) in [5, 5.41) is 2.34. The van der Waals surface area contributed by atoms with Crippen molar-refractivity contribution in [2.45, 2.75) is 19.3 Å². The molecule has 0 atom stereocenters. The van der Waals surface area contributed by atoms with Crippen LogP contribution < -0.4 is 10.6 Å². The molecule has 2 aromatic carbocycles. The first kappa shape index (κ1) is 13.6. The molecule has 0 aliphatic rings. The molecule has 0 aliphatic carbocycles. The first-order valence-corrected chi connectivity index (χ1v) is 6.68. The third-order valence-electron chi connectivity index (χ3n) is 3.34. The Kier molecular flexibility index (Phi) is 4.53. The Morgan fingerprint density at radius 3 is 2.58 bits per heavy atom. The van der Waals surface area contributed by atoms with E-state index in [0.29, 0.717) is 13.0 Å². The highest BCUT2D eigenvalue weighted by Crippen LogP contribution is 2.21. The van der Waals surface area contributed by atoms with Crippen molar-refractivity contribution in [3.63, 3.8) is 0 Å². The first-order chi connectivity index (χ1) is 9.22. The van der Waals surface area contributed by atoms with E-state index in [1.807, 2.05) is 31.3 Å². The summed E-state index contributed by atoms with van der Waals surface area (Å²) in [7, 11) is 1.83. The minimum absolute atomic E-state index is 0.142. The molecule has 0 spiro atoms. The summed E-state index contributed by atoms with van der Waals surface area (Å²) in [6, 6.07) is 14.3. The topological polar surface area (TPSA) is 46.3 Å². The fourth-order valence-electron chi connectivity index (χ4n) is 2.12. The van der Waals surface area contributed by atoms with E-state index >= 15 is 0 Å². The fraction of sp³-hybridized carbons (Fsp3) is 0.312. The van der Waals surface area contributed by atoms with E-state index in [9.17, 15) is 4.79 Å². The number of fused-ring (bicyclic) bond motifs is 1. The van der Waals surface area contributed by atoms with Crippen LogP contribution in [0.15, 0.2) is 42.5 Å². The number of carbonyl (C=O) groups is 1. The molecule has 0 aliphatic heterocycles. The molecule has 0 fully saturated rings. The quantitative estimate of drug-likeness (QED) is 0.836. The van der Waals surface area contributed by atoms with Gasteiger partial charge in [0.15, 0.2) is 0 Å². The summed E-state index contributed by atoms with van der Waals surface area (Å²) in [5.41, 5.74) is 6.38. The van der Waals surface area contributed by atoms with Crippen molar-refractivity contribution in [3.8, 4) is 0 Å². The average molecular weight is 256 g/mol. The van der Waals surface area contributed by atoms with Crippen LogP contribution in [0.25, 0.3) is 10.8 Å². The Morgan fingerprint density at radius 2 is 1.84 bits per heavy atom. The predicted molar refractivity (Wildman–Crippen MR) is 80.3 cm³/mol. The number of unbranched alkanes of at least 4 members (excludes halogenated alkanes) is 1. The van der Waals surface area contributed by atoms with Crippen molar-refractivity contribution in [3.05, 3.63) is 42.5 Å². The predicted octanol–water partition coefficient (Wildman–Crippen LogP) is 2.93. The summed E-state index contributed by atoms with van der Waals surface area (Å²) in [6.45, 7) is 0.646. The van der Waals surface area contributed by atoms with E-state index in [-0.39, 0.29) is 5.91 Å². The molecule has 3 nitrogen and oxygen atoms in total.